The smallest absolute Gasteiger partial charge is 0.307 e. The van der Waals surface area contributed by atoms with Crippen molar-refractivity contribution in [1.29, 1.82) is 0 Å². The van der Waals surface area contributed by atoms with Crippen molar-refractivity contribution < 1.29 is 17.6 Å². The number of halogens is 6. The second kappa shape index (κ2) is 6.02. The largest absolute Gasteiger partial charge is 0.319 e. The Hall–Kier alpha value is -0.330. The molecule has 1 aromatic carbocycles. The molecule has 0 radical (unpaired) electrons. The first-order chi connectivity index (χ1) is 7.83. The summed E-state index contributed by atoms with van der Waals surface area (Å²) in [6, 6.07) is 4.82. The van der Waals surface area contributed by atoms with Crippen LogP contribution in [-0.2, 0) is 6.54 Å². The van der Waals surface area contributed by atoms with Crippen molar-refractivity contribution in [3.8, 4) is 0 Å². The number of rotatable bonds is 5. The summed E-state index contributed by atoms with van der Waals surface area (Å²) in [6.45, 7) is -1.01. The Balaban J connectivity index is 2.51. The van der Waals surface area contributed by atoms with Gasteiger partial charge in [-0.05, 0) is 17.7 Å². The number of alkyl halides is 4. The first-order valence-corrected chi connectivity index (χ1v) is 5.80. The molecule has 1 rings (SSSR count). The van der Waals surface area contributed by atoms with E-state index >= 15 is 0 Å². The molecule has 1 N–H and O–H groups in total. The van der Waals surface area contributed by atoms with Gasteiger partial charge in [0.2, 0.25) is 0 Å². The maximum atomic E-state index is 12.6. The molecule has 0 aliphatic rings. The molecule has 96 valence electrons. The Bertz CT molecular complexity index is 387. The first-order valence-electron chi connectivity index (χ1n) is 4.63. The Morgan fingerprint density at radius 1 is 1.35 bits per heavy atom. The van der Waals surface area contributed by atoms with E-state index in [1.807, 2.05) is 0 Å². The summed E-state index contributed by atoms with van der Waals surface area (Å²) < 4.78 is 49.5. The van der Waals surface area contributed by atoms with Crippen molar-refractivity contribution in [2.45, 2.75) is 18.9 Å². The van der Waals surface area contributed by atoms with Gasteiger partial charge < -0.3 is 5.32 Å². The molecule has 0 saturated carbocycles. The fourth-order valence-electron chi connectivity index (χ4n) is 1.11. The lowest BCUT2D eigenvalue weighted by molar-refractivity contribution is -0.125. The molecule has 0 heterocycles. The molecule has 0 aliphatic heterocycles. The molecule has 0 aromatic heterocycles. The zero-order valence-corrected chi connectivity index (χ0v) is 10.8. The molecule has 0 spiro atoms. The molecule has 0 aliphatic carbocycles. The van der Waals surface area contributed by atoms with Gasteiger partial charge in [-0.15, -0.1) is 0 Å². The van der Waals surface area contributed by atoms with Crippen molar-refractivity contribution in [3.63, 3.8) is 0 Å². The average molecular weight is 335 g/mol. The highest BCUT2D eigenvalue weighted by atomic mass is 79.9. The van der Waals surface area contributed by atoms with Gasteiger partial charge in [0.1, 0.15) is 0 Å². The summed E-state index contributed by atoms with van der Waals surface area (Å²) in [5, 5.41) is 2.78. The van der Waals surface area contributed by atoms with Crippen molar-refractivity contribution in [1.82, 2.24) is 5.32 Å². The van der Waals surface area contributed by atoms with E-state index in [0.717, 1.165) is 0 Å². The van der Waals surface area contributed by atoms with Crippen LogP contribution < -0.4 is 5.32 Å². The normalized spacial score (nSPS) is 12.2. The highest BCUT2D eigenvalue weighted by Crippen LogP contribution is 2.23. The van der Waals surface area contributed by atoms with Gasteiger partial charge in [-0.1, -0.05) is 33.6 Å². The highest BCUT2D eigenvalue weighted by Gasteiger charge is 2.39. The second-order valence-corrected chi connectivity index (χ2v) is 4.69. The summed E-state index contributed by atoms with van der Waals surface area (Å²) >= 11 is 8.89. The van der Waals surface area contributed by atoms with Crippen LogP contribution in [0.2, 0.25) is 5.02 Å². The summed E-state index contributed by atoms with van der Waals surface area (Å²) in [4.78, 5) is 0. The van der Waals surface area contributed by atoms with Crippen LogP contribution >= 0.6 is 27.5 Å². The maximum absolute atomic E-state index is 12.6. The van der Waals surface area contributed by atoms with Crippen LogP contribution in [0.1, 0.15) is 5.56 Å². The lowest BCUT2D eigenvalue weighted by atomic mass is 10.2. The van der Waals surface area contributed by atoms with E-state index in [2.05, 4.69) is 21.2 Å². The van der Waals surface area contributed by atoms with E-state index in [4.69, 9.17) is 11.6 Å². The fourth-order valence-corrected chi connectivity index (χ4v) is 1.93. The number of hydrogen-bond donors (Lipinski definition) is 1. The molecule has 0 amide bonds. The molecule has 17 heavy (non-hydrogen) atoms. The van der Waals surface area contributed by atoms with E-state index in [1.165, 1.54) is 0 Å². The van der Waals surface area contributed by atoms with Crippen LogP contribution in [0.4, 0.5) is 17.6 Å². The Morgan fingerprint density at radius 2 is 2.00 bits per heavy atom. The lowest BCUT2D eigenvalue weighted by Gasteiger charge is -2.16. The molecule has 0 fully saturated rings. The van der Waals surface area contributed by atoms with Crippen molar-refractivity contribution in [3.05, 3.63) is 33.3 Å². The zero-order valence-electron chi connectivity index (χ0n) is 8.49. The third-order valence-corrected chi connectivity index (χ3v) is 2.98. The molecular weight excluding hydrogens is 325 g/mol. The van der Waals surface area contributed by atoms with Crippen molar-refractivity contribution in [2.75, 3.05) is 6.54 Å². The number of hydrogen-bond acceptors (Lipinski definition) is 1. The summed E-state index contributed by atoms with van der Waals surface area (Å²) in [7, 11) is 0. The molecule has 1 aromatic rings. The van der Waals surface area contributed by atoms with E-state index in [1.54, 1.807) is 18.2 Å². The Kier molecular flexibility index (Phi) is 5.22. The predicted octanol–water partition coefficient (Wildman–Crippen LogP) is 4.09. The molecule has 7 heteroatoms. The van der Waals surface area contributed by atoms with Gasteiger partial charge in [-0.3, -0.25) is 0 Å². The predicted molar refractivity (Wildman–Crippen MR) is 61.8 cm³/mol. The minimum absolute atomic E-state index is 0.0556. The Morgan fingerprint density at radius 3 is 2.53 bits per heavy atom. The van der Waals surface area contributed by atoms with E-state index in [9.17, 15) is 17.6 Å². The maximum Gasteiger partial charge on any atom is 0.319 e. The summed E-state index contributed by atoms with van der Waals surface area (Å²) in [6.07, 6.45) is -3.66. The van der Waals surface area contributed by atoms with E-state index in [0.29, 0.717) is 15.1 Å². The SMILES string of the molecule is FC(F)C(F)(F)CNCc1ccc(Cl)cc1Br. The second-order valence-electron chi connectivity index (χ2n) is 3.40. The van der Waals surface area contributed by atoms with Crippen LogP contribution in [0.15, 0.2) is 22.7 Å². The quantitative estimate of drug-likeness (QED) is 0.800. The van der Waals surface area contributed by atoms with Crippen molar-refractivity contribution in [2.24, 2.45) is 0 Å². The van der Waals surface area contributed by atoms with Gasteiger partial charge in [0.25, 0.3) is 0 Å². The minimum atomic E-state index is -4.01. The van der Waals surface area contributed by atoms with Crippen LogP contribution in [0.25, 0.3) is 0 Å². The van der Waals surface area contributed by atoms with Crippen LogP contribution in [-0.4, -0.2) is 18.9 Å². The molecule has 0 unspecified atom stereocenters. The molecule has 1 nitrogen and oxygen atoms in total. The lowest BCUT2D eigenvalue weighted by Crippen LogP contribution is -2.38. The van der Waals surface area contributed by atoms with E-state index in [-0.39, 0.29) is 6.54 Å². The van der Waals surface area contributed by atoms with Gasteiger partial charge in [-0.2, -0.15) is 8.78 Å². The number of nitrogens with one attached hydrogen (secondary N) is 1. The van der Waals surface area contributed by atoms with Crippen LogP contribution in [0.3, 0.4) is 0 Å². The van der Waals surface area contributed by atoms with Gasteiger partial charge in [-0.25, -0.2) is 8.78 Å². The monoisotopic (exact) mass is 333 g/mol. The molecular formula is C10H9BrClF4N. The van der Waals surface area contributed by atoms with Crippen LogP contribution in [0, 0.1) is 0 Å². The third-order valence-electron chi connectivity index (χ3n) is 2.01. The Labute approximate surface area is 109 Å². The van der Waals surface area contributed by atoms with Gasteiger partial charge in [0, 0.05) is 16.0 Å². The molecule has 0 bridgehead atoms. The van der Waals surface area contributed by atoms with Gasteiger partial charge in [0.05, 0.1) is 6.54 Å². The number of benzene rings is 1. The van der Waals surface area contributed by atoms with E-state index < -0.39 is 18.9 Å². The first kappa shape index (κ1) is 14.7. The average Bonchev–Trinajstić information content (AvgIpc) is 2.21. The summed E-state index contributed by atoms with van der Waals surface area (Å²) in [5.41, 5.74) is 0.666. The van der Waals surface area contributed by atoms with Crippen LogP contribution in [0.5, 0.6) is 0 Å². The minimum Gasteiger partial charge on any atom is -0.307 e. The standard InChI is InChI=1S/C10H9BrClF4N/c11-8-3-7(12)2-1-6(8)4-17-5-10(15,16)9(13)14/h1-3,9,17H,4-5H2. The fraction of sp³-hybridized carbons (Fsp3) is 0.400. The van der Waals surface area contributed by atoms with Gasteiger partial charge in [0.15, 0.2) is 0 Å². The van der Waals surface area contributed by atoms with Crippen molar-refractivity contribution >= 4 is 27.5 Å². The topological polar surface area (TPSA) is 12.0 Å². The third kappa shape index (κ3) is 4.44. The zero-order chi connectivity index (χ0) is 13.1. The summed E-state index contributed by atoms with van der Waals surface area (Å²) in [5.74, 6) is -4.01. The molecule has 0 atom stereocenters. The highest BCUT2D eigenvalue weighted by molar-refractivity contribution is 9.10. The van der Waals surface area contributed by atoms with Gasteiger partial charge >= 0.3 is 12.3 Å². The molecule has 0 saturated heterocycles.